The fourth-order valence-corrected chi connectivity index (χ4v) is 3.07. The zero-order valence-corrected chi connectivity index (χ0v) is 22.8. The molecule has 0 unspecified atom stereocenters. The molecule has 0 aliphatic carbocycles. The van der Waals surface area contributed by atoms with Gasteiger partial charge in [-0.1, -0.05) is 66.7 Å². The van der Waals surface area contributed by atoms with Crippen molar-refractivity contribution in [3.8, 4) is 0 Å². The molecule has 0 spiro atoms. The van der Waals surface area contributed by atoms with E-state index < -0.39 is 0 Å². The first kappa shape index (κ1) is 29.2. The lowest BCUT2D eigenvalue weighted by molar-refractivity contribution is -0.122. The van der Waals surface area contributed by atoms with Crippen molar-refractivity contribution in [3.05, 3.63) is 59.4 Å². The molecule has 1 heterocycles. The van der Waals surface area contributed by atoms with E-state index in [1.165, 1.54) is 11.1 Å². The summed E-state index contributed by atoms with van der Waals surface area (Å²) in [5.41, 5.74) is 5.30. The minimum Gasteiger partial charge on any atom is -0.499 e. The van der Waals surface area contributed by atoms with Crippen LogP contribution in [0.15, 0.2) is 37.0 Å². The molecular formula is C25H40IN3O2. The molecule has 174 valence electrons. The standard InChI is InChI=1S/C21H28IN3O2.2C2H6/c1-15-7-6-8-17(16(15)2)18(19-12-25(22)14-24-19)13-27-10-9-23-20(26)11-21(3,4)5;2*1-2/h6-8,12-14H,9-11H2,1-5H3,(H,23,26);2*1-2H3/b18-13-;;. The van der Waals surface area contributed by atoms with Crippen LogP contribution in [0.5, 0.6) is 0 Å². The lowest BCUT2D eigenvalue weighted by Crippen LogP contribution is -2.30. The Morgan fingerprint density at radius 2 is 1.84 bits per heavy atom. The van der Waals surface area contributed by atoms with Crippen molar-refractivity contribution in [2.75, 3.05) is 13.2 Å². The van der Waals surface area contributed by atoms with E-state index in [4.69, 9.17) is 4.74 Å². The van der Waals surface area contributed by atoms with E-state index in [0.717, 1.165) is 16.8 Å². The summed E-state index contributed by atoms with van der Waals surface area (Å²) in [7, 11) is 0. The number of nitrogens with zero attached hydrogens (tertiary/aromatic N) is 2. The Labute approximate surface area is 203 Å². The minimum absolute atomic E-state index is 0.0149. The average Bonchev–Trinajstić information content (AvgIpc) is 3.15. The Morgan fingerprint density at radius 3 is 2.39 bits per heavy atom. The largest absolute Gasteiger partial charge is 0.499 e. The molecule has 0 atom stereocenters. The molecule has 0 fully saturated rings. The molecule has 1 N–H and O–H groups in total. The number of ether oxygens (including phenoxy) is 1. The van der Waals surface area contributed by atoms with E-state index in [1.807, 2.05) is 42.7 Å². The van der Waals surface area contributed by atoms with Gasteiger partial charge in [0.2, 0.25) is 5.91 Å². The fraction of sp³-hybridized carbons (Fsp3) is 0.520. The number of halogens is 1. The fourth-order valence-electron chi connectivity index (χ4n) is 2.68. The number of carbonyl (C=O) groups is 1. The highest BCUT2D eigenvalue weighted by atomic mass is 127. The van der Waals surface area contributed by atoms with Crippen LogP contribution < -0.4 is 5.32 Å². The highest BCUT2D eigenvalue weighted by Crippen LogP contribution is 2.27. The molecule has 1 amide bonds. The summed E-state index contributed by atoms with van der Waals surface area (Å²) >= 11 is 2.18. The van der Waals surface area contributed by atoms with Crippen LogP contribution in [-0.2, 0) is 9.53 Å². The maximum atomic E-state index is 11.9. The summed E-state index contributed by atoms with van der Waals surface area (Å²) in [5, 5.41) is 2.90. The molecule has 2 rings (SSSR count). The molecule has 0 radical (unpaired) electrons. The first-order chi connectivity index (χ1) is 14.7. The second-order valence-electron chi connectivity index (χ2n) is 7.84. The van der Waals surface area contributed by atoms with Gasteiger partial charge in [-0.2, -0.15) is 0 Å². The van der Waals surface area contributed by atoms with E-state index in [2.05, 4.69) is 79.9 Å². The zero-order chi connectivity index (χ0) is 24.0. The Morgan fingerprint density at radius 1 is 1.19 bits per heavy atom. The van der Waals surface area contributed by atoms with E-state index in [1.54, 1.807) is 12.6 Å². The van der Waals surface area contributed by atoms with Crippen LogP contribution in [0, 0.1) is 19.3 Å². The van der Waals surface area contributed by atoms with Crippen molar-refractivity contribution >= 4 is 34.3 Å². The predicted molar refractivity (Wildman–Crippen MR) is 140 cm³/mol. The molecule has 0 bridgehead atoms. The first-order valence-corrected chi connectivity index (χ1v) is 12.0. The van der Waals surface area contributed by atoms with Crippen LogP contribution in [0.25, 0.3) is 5.57 Å². The van der Waals surface area contributed by atoms with Crippen molar-refractivity contribution in [3.63, 3.8) is 0 Å². The molecule has 31 heavy (non-hydrogen) atoms. The number of benzene rings is 1. The van der Waals surface area contributed by atoms with Gasteiger partial charge in [0.05, 0.1) is 41.4 Å². The molecule has 2 aromatic rings. The first-order valence-electron chi connectivity index (χ1n) is 11.0. The summed E-state index contributed by atoms with van der Waals surface area (Å²) in [4.78, 5) is 16.4. The maximum absolute atomic E-state index is 11.9. The Kier molecular flexibility index (Phi) is 14.2. The van der Waals surface area contributed by atoms with Crippen LogP contribution in [0.3, 0.4) is 0 Å². The number of aryl methyl sites for hydroxylation is 1. The topological polar surface area (TPSA) is 56.1 Å². The van der Waals surface area contributed by atoms with Crippen molar-refractivity contribution in [1.29, 1.82) is 0 Å². The third-order valence-electron chi connectivity index (χ3n) is 4.16. The van der Waals surface area contributed by atoms with Crippen LogP contribution in [-0.4, -0.2) is 26.8 Å². The van der Waals surface area contributed by atoms with Gasteiger partial charge >= 0.3 is 0 Å². The van der Waals surface area contributed by atoms with Gasteiger partial charge in [0, 0.05) is 18.2 Å². The van der Waals surface area contributed by atoms with Gasteiger partial charge in [0.15, 0.2) is 0 Å². The van der Waals surface area contributed by atoms with Crippen molar-refractivity contribution in [2.24, 2.45) is 5.41 Å². The third-order valence-corrected chi connectivity index (χ3v) is 4.69. The van der Waals surface area contributed by atoms with Crippen molar-refractivity contribution < 1.29 is 9.53 Å². The molecule has 0 aliphatic rings. The van der Waals surface area contributed by atoms with Crippen LogP contribution in [0.2, 0.25) is 0 Å². The van der Waals surface area contributed by atoms with Gasteiger partial charge < -0.3 is 10.1 Å². The summed E-state index contributed by atoms with van der Waals surface area (Å²) in [6.45, 7) is 19.2. The normalized spacial score (nSPS) is 11.0. The molecule has 1 aromatic heterocycles. The Balaban J connectivity index is 0.00000212. The highest BCUT2D eigenvalue weighted by molar-refractivity contribution is 14.1. The molecule has 6 heteroatoms. The lowest BCUT2D eigenvalue weighted by Gasteiger charge is -2.17. The van der Waals surface area contributed by atoms with Gasteiger partial charge in [-0.25, -0.2) is 4.98 Å². The van der Waals surface area contributed by atoms with Gasteiger partial charge in [-0.05, 0) is 36.0 Å². The van der Waals surface area contributed by atoms with Crippen molar-refractivity contribution in [2.45, 2.75) is 68.7 Å². The second-order valence-corrected chi connectivity index (χ2v) is 8.95. The summed E-state index contributed by atoms with van der Waals surface area (Å²) in [6, 6.07) is 6.22. The molecule has 5 nitrogen and oxygen atoms in total. The number of nitrogens with one attached hydrogen (secondary N) is 1. The highest BCUT2D eigenvalue weighted by Gasteiger charge is 2.15. The van der Waals surface area contributed by atoms with Gasteiger partial charge in [0.1, 0.15) is 12.9 Å². The summed E-state index contributed by atoms with van der Waals surface area (Å²) < 4.78 is 7.65. The van der Waals surface area contributed by atoms with E-state index in [-0.39, 0.29) is 11.3 Å². The number of amides is 1. The molecule has 0 saturated heterocycles. The third kappa shape index (κ3) is 10.8. The smallest absolute Gasteiger partial charge is 0.220 e. The number of carbonyl (C=O) groups excluding carboxylic acids is 1. The number of hydrogen-bond acceptors (Lipinski definition) is 3. The number of aromatic nitrogens is 2. The minimum atomic E-state index is -0.0149. The van der Waals surface area contributed by atoms with Gasteiger partial charge in [0.25, 0.3) is 0 Å². The van der Waals surface area contributed by atoms with Gasteiger partial charge in [-0.3, -0.25) is 7.58 Å². The molecule has 1 aromatic carbocycles. The summed E-state index contributed by atoms with van der Waals surface area (Å²) in [6.07, 6.45) is 5.98. The SMILES string of the molecule is CC.CC.Cc1cccc(/C(=C/OCCNC(=O)CC(C)(C)C)c2cn(I)cn2)c1C. The summed E-state index contributed by atoms with van der Waals surface area (Å²) in [5.74, 6) is 0.0495. The second kappa shape index (κ2) is 15.1. The van der Waals surface area contributed by atoms with Crippen LogP contribution >= 0.6 is 22.9 Å². The maximum Gasteiger partial charge on any atom is 0.220 e. The van der Waals surface area contributed by atoms with E-state index in [9.17, 15) is 4.79 Å². The number of imidazole rings is 1. The van der Waals surface area contributed by atoms with Gasteiger partial charge in [-0.15, -0.1) is 0 Å². The molecule has 0 aliphatic heterocycles. The Hall–Kier alpha value is -1.83. The monoisotopic (exact) mass is 541 g/mol. The molecular weight excluding hydrogens is 501 g/mol. The zero-order valence-electron chi connectivity index (χ0n) is 20.7. The predicted octanol–water partition coefficient (Wildman–Crippen LogP) is 6.71. The number of rotatable bonds is 7. The molecule has 0 saturated carbocycles. The van der Waals surface area contributed by atoms with E-state index >= 15 is 0 Å². The quantitative estimate of drug-likeness (QED) is 0.241. The van der Waals surface area contributed by atoms with Crippen molar-refractivity contribution in [1.82, 2.24) is 13.1 Å². The number of hydrogen-bond donors (Lipinski definition) is 1. The van der Waals surface area contributed by atoms with Crippen LogP contribution in [0.1, 0.15) is 77.3 Å². The lowest BCUT2D eigenvalue weighted by atomic mass is 9.92. The Bertz CT molecular complexity index is 820. The average molecular weight is 542 g/mol. The van der Waals surface area contributed by atoms with E-state index in [0.29, 0.717) is 19.6 Å². The van der Waals surface area contributed by atoms with Crippen LogP contribution in [0.4, 0.5) is 0 Å².